The van der Waals surface area contributed by atoms with Gasteiger partial charge in [-0.05, 0) is 55.2 Å². The van der Waals surface area contributed by atoms with Crippen LogP contribution in [0.4, 0.5) is 10.1 Å². The van der Waals surface area contributed by atoms with E-state index in [0.29, 0.717) is 19.4 Å². The maximum absolute atomic E-state index is 13.3. The second-order valence-corrected chi connectivity index (χ2v) is 7.82. The number of anilines is 1. The van der Waals surface area contributed by atoms with Gasteiger partial charge in [0, 0.05) is 17.8 Å². The highest BCUT2D eigenvalue weighted by molar-refractivity contribution is 6.00. The van der Waals surface area contributed by atoms with E-state index in [1.165, 1.54) is 24.3 Å². The van der Waals surface area contributed by atoms with E-state index >= 15 is 0 Å². The van der Waals surface area contributed by atoms with Crippen molar-refractivity contribution in [2.75, 3.05) is 11.4 Å². The number of rotatable bonds is 3. The number of fused-ring (bicyclic) bond motifs is 1. The minimum absolute atomic E-state index is 0.0235. The van der Waals surface area contributed by atoms with Gasteiger partial charge in [-0.1, -0.05) is 31.0 Å². The molecule has 1 aliphatic heterocycles. The van der Waals surface area contributed by atoms with Crippen LogP contribution in [0.15, 0.2) is 48.5 Å². The lowest BCUT2D eigenvalue weighted by atomic mass is 9.78. The standard InChI is InChI=1S/C23H24FN3O3/c24-17-11-9-16(10-12-17)21(28)25-26-22(29)18-6-2-3-7-19(18)23(30)27-14-13-15-5-1-4-8-20(15)27/h1,4-5,8-12,18-19H,2-3,6-7,13-14H2,(H,25,28)(H,26,29). The molecule has 6 nitrogen and oxygen atoms in total. The van der Waals surface area contributed by atoms with Crippen molar-refractivity contribution in [3.05, 3.63) is 65.5 Å². The number of carbonyl (C=O) groups excluding carboxylic acids is 3. The van der Waals surface area contributed by atoms with E-state index in [4.69, 9.17) is 0 Å². The zero-order valence-corrected chi connectivity index (χ0v) is 16.6. The fraction of sp³-hybridized carbons (Fsp3) is 0.348. The summed E-state index contributed by atoms with van der Waals surface area (Å²) in [7, 11) is 0. The number of hydrogen-bond acceptors (Lipinski definition) is 3. The van der Waals surface area contributed by atoms with E-state index < -0.39 is 23.6 Å². The second kappa shape index (κ2) is 8.65. The third-order valence-electron chi connectivity index (χ3n) is 5.98. The van der Waals surface area contributed by atoms with Gasteiger partial charge in [0.1, 0.15) is 5.82 Å². The molecule has 1 heterocycles. The van der Waals surface area contributed by atoms with E-state index in [0.717, 1.165) is 30.5 Å². The van der Waals surface area contributed by atoms with Crippen molar-refractivity contribution in [3.8, 4) is 0 Å². The van der Waals surface area contributed by atoms with E-state index in [9.17, 15) is 18.8 Å². The summed E-state index contributed by atoms with van der Waals surface area (Å²) in [5, 5.41) is 0. The Labute approximate surface area is 174 Å². The molecule has 2 unspecified atom stereocenters. The minimum Gasteiger partial charge on any atom is -0.312 e. The molecular weight excluding hydrogens is 385 g/mol. The first-order valence-electron chi connectivity index (χ1n) is 10.3. The first kappa shape index (κ1) is 20.1. The summed E-state index contributed by atoms with van der Waals surface area (Å²) < 4.78 is 13.0. The molecule has 3 amide bonds. The Kier molecular flexibility index (Phi) is 5.79. The number of nitrogens with one attached hydrogen (secondary N) is 2. The summed E-state index contributed by atoms with van der Waals surface area (Å²) in [6.07, 6.45) is 3.84. The molecule has 30 heavy (non-hydrogen) atoms. The number of hydrazine groups is 1. The summed E-state index contributed by atoms with van der Waals surface area (Å²) in [5.41, 5.74) is 7.14. The Morgan fingerprint density at radius 3 is 2.37 bits per heavy atom. The third-order valence-corrected chi connectivity index (χ3v) is 5.98. The number of carbonyl (C=O) groups is 3. The number of halogens is 1. The summed E-state index contributed by atoms with van der Waals surface area (Å²) in [5.74, 6) is -2.26. The van der Waals surface area contributed by atoms with Gasteiger partial charge >= 0.3 is 0 Å². The maximum Gasteiger partial charge on any atom is 0.269 e. The van der Waals surface area contributed by atoms with Crippen LogP contribution in [0.1, 0.15) is 41.6 Å². The lowest BCUT2D eigenvalue weighted by molar-refractivity contribution is -0.135. The Balaban J connectivity index is 1.42. The molecule has 2 atom stereocenters. The van der Waals surface area contributed by atoms with E-state index in [-0.39, 0.29) is 17.4 Å². The zero-order valence-electron chi connectivity index (χ0n) is 16.6. The molecule has 2 N–H and O–H groups in total. The lowest BCUT2D eigenvalue weighted by Gasteiger charge is -2.32. The number of amides is 3. The van der Waals surface area contributed by atoms with Crippen molar-refractivity contribution in [1.29, 1.82) is 0 Å². The molecule has 2 aromatic rings. The fourth-order valence-electron chi connectivity index (χ4n) is 4.39. The minimum atomic E-state index is -0.532. The average Bonchev–Trinajstić information content (AvgIpc) is 3.21. The van der Waals surface area contributed by atoms with E-state index in [1.807, 2.05) is 24.3 Å². The number of para-hydroxylation sites is 1. The summed E-state index contributed by atoms with van der Waals surface area (Å²) >= 11 is 0. The van der Waals surface area contributed by atoms with E-state index in [2.05, 4.69) is 10.9 Å². The van der Waals surface area contributed by atoms with Crippen LogP contribution in [0.25, 0.3) is 0 Å². The molecule has 0 radical (unpaired) electrons. The predicted molar refractivity (Wildman–Crippen MR) is 110 cm³/mol. The average molecular weight is 409 g/mol. The molecule has 156 valence electrons. The van der Waals surface area contributed by atoms with Gasteiger partial charge in [-0.25, -0.2) is 4.39 Å². The highest BCUT2D eigenvalue weighted by Crippen LogP contribution is 2.35. The number of benzene rings is 2. The molecule has 1 saturated carbocycles. The van der Waals surface area contributed by atoms with Gasteiger partial charge in [-0.2, -0.15) is 0 Å². The molecule has 0 aromatic heterocycles. The molecule has 7 heteroatoms. The van der Waals surface area contributed by atoms with Crippen molar-refractivity contribution in [3.63, 3.8) is 0 Å². The Morgan fingerprint density at radius 1 is 0.900 bits per heavy atom. The third kappa shape index (κ3) is 4.06. The second-order valence-electron chi connectivity index (χ2n) is 7.82. The largest absolute Gasteiger partial charge is 0.312 e. The van der Waals surface area contributed by atoms with Gasteiger partial charge in [0.05, 0.1) is 11.8 Å². The smallest absolute Gasteiger partial charge is 0.269 e. The van der Waals surface area contributed by atoms with Crippen molar-refractivity contribution >= 4 is 23.4 Å². The highest BCUT2D eigenvalue weighted by atomic mass is 19.1. The molecule has 0 bridgehead atoms. The normalized spacial score (nSPS) is 20.4. The lowest BCUT2D eigenvalue weighted by Crippen LogP contribution is -2.49. The van der Waals surface area contributed by atoms with Crippen LogP contribution in [-0.2, 0) is 16.0 Å². The number of nitrogens with zero attached hydrogens (tertiary/aromatic N) is 1. The van der Waals surface area contributed by atoms with Crippen molar-refractivity contribution in [2.24, 2.45) is 11.8 Å². The number of hydrogen-bond donors (Lipinski definition) is 2. The van der Waals surface area contributed by atoms with Crippen LogP contribution in [0.3, 0.4) is 0 Å². The summed E-state index contributed by atoms with van der Waals surface area (Å²) in [6.45, 7) is 0.629. The van der Waals surface area contributed by atoms with Crippen molar-refractivity contribution in [1.82, 2.24) is 10.9 Å². The van der Waals surface area contributed by atoms with Crippen LogP contribution in [0.2, 0.25) is 0 Å². The fourth-order valence-corrected chi connectivity index (χ4v) is 4.39. The quantitative estimate of drug-likeness (QED) is 0.765. The Hall–Kier alpha value is -3.22. The van der Waals surface area contributed by atoms with Crippen molar-refractivity contribution < 1.29 is 18.8 Å². The van der Waals surface area contributed by atoms with Gasteiger partial charge in [-0.15, -0.1) is 0 Å². The molecule has 1 aliphatic carbocycles. The highest BCUT2D eigenvalue weighted by Gasteiger charge is 2.39. The Morgan fingerprint density at radius 2 is 1.60 bits per heavy atom. The van der Waals surface area contributed by atoms with Crippen LogP contribution < -0.4 is 15.8 Å². The molecule has 1 fully saturated rings. The van der Waals surface area contributed by atoms with E-state index in [1.54, 1.807) is 4.90 Å². The van der Waals surface area contributed by atoms with Gasteiger partial charge < -0.3 is 4.90 Å². The van der Waals surface area contributed by atoms with Crippen LogP contribution in [0.5, 0.6) is 0 Å². The van der Waals surface area contributed by atoms with Gasteiger partial charge in [0.25, 0.3) is 5.91 Å². The molecule has 2 aliphatic rings. The zero-order chi connectivity index (χ0) is 21.1. The van der Waals surface area contributed by atoms with Crippen LogP contribution in [-0.4, -0.2) is 24.3 Å². The van der Waals surface area contributed by atoms with Crippen LogP contribution in [0, 0.1) is 17.7 Å². The van der Waals surface area contributed by atoms with Crippen LogP contribution >= 0.6 is 0 Å². The molecule has 4 rings (SSSR count). The topological polar surface area (TPSA) is 78.5 Å². The summed E-state index contributed by atoms with van der Waals surface area (Å²) in [6, 6.07) is 12.9. The molecular formula is C23H24FN3O3. The molecule has 2 aromatic carbocycles. The molecule has 0 spiro atoms. The monoisotopic (exact) mass is 409 g/mol. The van der Waals surface area contributed by atoms with Gasteiger partial charge in [0.2, 0.25) is 11.8 Å². The Bertz CT molecular complexity index is 960. The maximum atomic E-state index is 13.3. The first-order valence-corrected chi connectivity index (χ1v) is 10.3. The summed E-state index contributed by atoms with van der Waals surface area (Å²) in [4.78, 5) is 40.1. The van der Waals surface area contributed by atoms with Gasteiger partial charge in [-0.3, -0.25) is 25.2 Å². The molecule has 0 saturated heterocycles. The van der Waals surface area contributed by atoms with Gasteiger partial charge in [0.15, 0.2) is 0 Å². The first-order chi connectivity index (χ1) is 14.5. The predicted octanol–water partition coefficient (Wildman–Crippen LogP) is 2.98. The SMILES string of the molecule is O=C(NNC(=O)C1CCCCC1C(=O)N1CCc2ccccc21)c1ccc(F)cc1. The van der Waals surface area contributed by atoms with Crippen molar-refractivity contribution in [2.45, 2.75) is 32.1 Å².